The first-order chi connectivity index (χ1) is 16.4. The molecular formula is C27H33N3O3S. The van der Waals surface area contributed by atoms with Gasteiger partial charge in [0.2, 0.25) is 5.91 Å². The normalized spacial score (nSPS) is 10.7. The average molecular weight is 480 g/mol. The number of rotatable bonds is 11. The number of hydrogen-bond acceptors (Lipinski definition) is 4. The molecule has 7 heteroatoms. The molecule has 0 aliphatic heterocycles. The Morgan fingerprint density at radius 1 is 0.912 bits per heavy atom. The van der Waals surface area contributed by atoms with E-state index in [-0.39, 0.29) is 18.5 Å². The van der Waals surface area contributed by atoms with Gasteiger partial charge in [0.25, 0.3) is 0 Å². The van der Waals surface area contributed by atoms with Gasteiger partial charge < -0.3 is 19.9 Å². The SMILES string of the molecule is COCCCN(CC(=O)N(Cc1ccccc1)Cc1ccc(C)s1)C(=O)Nc1ccc(C)cc1. The molecule has 0 saturated heterocycles. The summed E-state index contributed by atoms with van der Waals surface area (Å²) in [6, 6.07) is 21.4. The maximum absolute atomic E-state index is 13.5. The molecule has 0 spiro atoms. The molecule has 0 aliphatic carbocycles. The van der Waals surface area contributed by atoms with Gasteiger partial charge in [0.05, 0.1) is 6.54 Å². The fourth-order valence-electron chi connectivity index (χ4n) is 3.55. The van der Waals surface area contributed by atoms with Crippen LogP contribution in [0.15, 0.2) is 66.7 Å². The van der Waals surface area contributed by atoms with Gasteiger partial charge in [-0.15, -0.1) is 11.3 Å². The molecular weight excluding hydrogens is 446 g/mol. The first-order valence-electron chi connectivity index (χ1n) is 11.4. The Balaban J connectivity index is 1.74. The fourth-order valence-corrected chi connectivity index (χ4v) is 4.46. The van der Waals surface area contributed by atoms with Gasteiger partial charge in [-0.25, -0.2) is 4.79 Å². The van der Waals surface area contributed by atoms with Gasteiger partial charge in [-0.05, 0) is 50.1 Å². The largest absolute Gasteiger partial charge is 0.385 e. The molecule has 3 aromatic rings. The van der Waals surface area contributed by atoms with Crippen LogP contribution < -0.4 is 5.32 Å². The zero-order chi connectivity index (χ0) is 24.3. The van der Waals surface area contributed by atoms with Crippen molar-refractivity contribution in [1.82, 2.24) is 9.80 Å². The van der Waals surface area contributed by atoms with Crippen LogP contribution in [-0.4, -0.2) is 48.5 Å². The highest BCUT2D eigenvalue weighted by atomic mass is 32.1. The summed E-state index contributed by atoms with van der Waals surface area (Å²) in [6.07, 6.45) is 0.647. The van der Waals surface area contributed by atoms with E-state index in [2.05, 4.69) is 24.4 Å². The third kappa shape index (κ3) is 8.01. The number of nitrogens with one attached hydrogen (secondary N) is 1. The lowest BCUT2D eigenvalue weighted by Crippen LogP contribution is -2.44. The topological polar surface area (TPSA) is 61.9 Å². The predicted octanol–water partition coefficient (Wildman–Crippen LogP) is 5.46. The van der Waals surface area contributed by atoms with E-state index in [0.717, 1.165) is 16.0 Å². The van der Waals surface area contributed by atoms with Crippen molar-refractivity contribution in [3.05, 3.63) is 87.6 Å². The Kier molecular flexibility index (Phi) is 9.67. The molecule has 180 valence electrons. The number of benzene rings is 2. The van der Waals surface area contributed by atoms with Gasteiger partial charge in [-0.2, -0.15) is 0 Å². The van der Waals surface area contributed by atoms with Crippen LogP contribution in [0.1, 0.15) is 27.3 Å². The van der Waals surface area contributed by atoms with Gasteiger partial charge in [-0.3, -0.25) is 4.79 Å². The van der Waals surface area contributed by atoms with Crippen molar-refractivity contribution >= 4 is 29.0 Å². The summed E-state index contributed by atoms with van der Waals surface area (Å²) in [5.41, 5.74) is 2.87. The number of aryl methyl sites for hydroxylation is 2. The second kappa shape index (κ2) is 12.9. The number of ether oxygens (including phenoxy) is 1. The Bertz CT molecular complexity index is 1050. The molecule has 0 fully saturated rings. The van der Waals surface area contributed by atoms with E-state index < -0.39 is 0 Å². The van der Waals surface area contributed by atoms with Crippen molar-refractivity contribution in [2.45, 2.75) is 33.4 Å². The number of anilines is 1. The monoisotopic (exact) mass is 479 g/mol. The first kappa shape index (κ1) is 25.5. The molecule has 0 unspecified atom stereocenters. The Labute approximate surface area is 206 Å². The fraction of sp³-hybridized carbons (Fsp3) is 0.333. The molecule has 3 rings (SSSR count). The van der Waals surface area contributed by atoms with E-state index in [9.17, 15) is 9.59 Å². The van der Waals surface area contributed by atoms with Gasteiger partial charge in [0.15, 0.2) is 0 Å². The smallest absolute Gasteiger partial charge is 0.322 e. The van der Waals surface area contributed by atoms with Crippen LogP contribution in [0, 0.1) is 13.8 Å². The number of thiophene rings is 1. The lowest BCUT2D eigenvalue weighted by Gasteiger charge is -2.28. The Morgan fingerprint density at radius 3 is 2.29 bits per heavy atom. The molecule has 1 aromatic heterocycles. The van der Waals surface area contributed by atoms with Crippen LogP contribution in [0.3, 0.4) is 0 Å². The quantitative estimate of drug-likeness (QED) is 0.371. The lowest BCUT2D eigenvalue weighted by atomic mass is 10.2. The summed E-state index contributed by atoms with van der Waals surface area (Å²) in [6.45, 7) is 6.00. The van der Waals surface area contributed by atoms with Crippen LogP contribution in [0.4, 0.5) is 10.5 Å². The highest BCUT2D eigenvalue weighted by Gasteiger charge is 2.22. The molecule has 0 radical (unpaired) electrons. The number of carbonyl (C=O) groups excluding carboxylic acids is 2. The average Bonchev–Trinajstić information content (AvgIpc) is 3.24. The number of amides is 3. The van der Waals surface area contributed by atoms with Crippen molar-refractivity contribution in [3.63, 3.8) is 0 Å². The summed E-state index contributed by atoms with van der Waals surface area (Å²) in [4.78, 5) is 32.3. The minimum atomic E-state index is -0.292. The van der Waals surface area contributed by atoms with E-state index in [1.165, 1.54) is 4.88 Å². The van der Waals surface area contributed by atoms with Crippen LogP contribution in [0.5, 0.6) is 0 Å². The van der Waals surface area contributed by atoms with Crippen molar-refractivity contribution < 1.29 is 14.3 Å². The number of carbonyl (C=O) groups is 2. The summed E-state index contributed by atoms with van der Waals surface area (Å²) < 4.78 is 5.16. The molecule has 1 N–H and O–H groups in total. The number of urea groups is 1. The van der Waals surface area contributed by atoms with Gasteiger partial charge >= 0.3 is 6.03 Å². The molecule has 34 heavy (non-hydrogen) atoms. The summed E-state index contributed by atoms with van der Waals surface area (Å²) in [7, 11) is 1.63. The third-order valence-electron chi connectivity index (χ3n) is 5.40. The Hall–Kier alpha value is -3.16. The van der Waals surface area contributed by atoms with E-state index in [0.29, 0.717) is 38.3 Å². The molecule has 2 aromatic carbocycles. The molecule has 0 saturated carbocycles. The summed E-state index contributed by atoms with van der Waals surface area (Å²) >= 11 is 1.69. The van der Waals surface area contributed by atoms with Crippen molar-refractivity contribution in [2.75, 3.05) is 32.1 Å². The minimum Gasteiger partial charge on any atom is -0.385 e. The van der Waals surface area contributed by atoms with E-state index in [4.69, 9.17) is 4.74 Å². The van der Waals surface area contributed by atoms with Crippen LogP contribution >= 0.6 is 11.3 Å². The van der Waals surface area contributed by atoms with Crippen molar-refractivity contribution in [1.29, 1.82) is 0 Å². The summed E-state index contributed by atoms with van der Waals surface area (Å²) in [5.74, 6) is -0.0913. The van der Waals surface area contributed by atoms with E-state index in [1.54, 1.807) is 23.3 Å². The molecule has 3 amide bonds. The number of methoxy groups -OCH3 is 1. The lowest BCUT2D eigenvalue weighted by molar-refractivity contribution is -0.133. The van der Waals surface area contributed by atoms with Crippen LogP contribution in [0.2, 0.25) is 0 Å². The second-order valence-corrected chi connectivity index (χ2v) is 9.68. The molecule has 1 heterocycles. The predicted molar refractivity (Wildman–Crippen MR) is 138 cm³/mol. The van der Waals surface area contributed by atoms with Crippen molar-refractivity contribution in [2.24, 2.45) is 0 Å². The Morgan fingerprint density at radius 2 is 1.65 bits per heavy atom. The molecule has 6 nitrogen and oxygen atoms in total. The van der Waals surface area contributed by atoms with E-state index >= 15 is 0 Å². The second-order valence-electron chi connectivity index (χ2n) is 8.31. The van der Waals surface area contributed by atoms with Crippen molar-refractivity contribution in [3.8, 4) is 0 Å². The number of nitrogens with zero attached hydrogens (tertiary/aromatic N) is 2. The minimum absolute atomic E-state index is 0.00139. The van der Waals surface area contributed by atoms with Crippen LogP contribution in [0.25, 0.3) is 0 Å². The zero-order valence-electron chi connectivity index (χ0n) is 20.1. The highest BCUT2D eigenvalue weighted by Crippen LogP contribution is 2.19. The highest BCUT2D eigenvalue weighted by molar-refractivity contribution is 7.11. The van der Waals surface area contributed by atoms with Crippen LogP contribution in [-0.2, 0) is 22.6 Å². The van der Waals surface area contributed by atoms with Gasteiger partial charge in [0, 0.05) is 42.2 Å². The molecule has 0 aliphatic rings. The zero-order valence-corrected chi connectivity index (χ0v) is 20.9. The standard InChI is InChI=1S/C27H33N3O3S/c1-21-10-13-24(14-11-21)28-27(32)29(16-7-17-33-3)20-26(31)30(18-23-8-5-4-6-9-23)19-25-15-12-22(2)34-25/h4-6,8-15H,7,16-20H2,1-3H3,(H,28,32). The first-order valence-corrected chi connectivity index (χ1v) is 12.2. The van der Waals surface area contributed by atoms with E-state index in [1.807, 2.05) is 66.4 Å². The van der Waals surface area contributed by atoms with Gasteiger partial charge in [0.1, 0.15) is 6.54 Å². The third-order valence-corrected chi connectivity index (χ3v) is 6.39. The molecule has 0 bridgehead atoms. The maximum Gasteiger partial charge on any atom is 0.322 e. The molecule has 0 atom stereocenters. The summed E-state index contributed by atoms with van der Waals surface area (Å²) in [5, 5.41) is 2.92. The maximum atomic E-state index is 13.5. The van der Waals surface area contributed by atoms with Gasteiger partial charge in [-0.1, -0.05) is 48.0 Å². The number of hydrogen-bond donors (Lipinski definition) is 1.